The third-order valence-electron chi connectivity index (χ3n) is 9.99. The maximum atomic E-state index is 12.9. The Balaban J connectivity index is 1.92. The topological polar surface area (TPSA) is 231 Å². The van der Waals surface area contributed by atoms with Gasteiger partial charge in [0.25, 0.3) is 0 Å². The molecule has 2 saturated heterocycles. The number of hydrogen-bond donors (Lipinski definition) is 7. The second-order valence-electron chi connectivity index (χ2n) is 15.1. The second kappa shape index (κ2) is 32.9. The zero-order valence-electron chi connectivity index (χ0n) is 35.7. The third kappa shape index (κ3) is 21.8. The molecule has 0 saturated carbocycles. The lowest BCUT2D eigenvalue weighted by Crippen LogP contribution is -2.61. The standard InChI is InChI=1S/C45H74O15/c1-3-5-7-9-11-13-15-16-18-20-22-24-26-28-37(48)58-33(30-55-36(47)27-25-23-21-19-17-14-12-10-8-6-4-2)31-56-44-43(54)41(52)39(50)35(60-44)32-57-45-42(53)40(51)38(49)34(29-46)59-45/h6,8,12,14,16,18-19,21-22,24,33-35,38-46,49-54H,3-5,7,9-11,13,15,17,20,23,25-32H2,1-2H3/b8-6+,14-12+,18-16+,21-19+,24-22+/t33?,34-,35-,38+,39+,40?,41?,42?,43?,44-,45-/m1/s1. The van der Waals surface area contributed by atoms with E-state index in [2.05, 4.69) is 50.3 Å². The molecule has 0 spiro atoms. The molecular weight excluding hydrogens is 780 g/mol. The first-order valence-electron chi connectivity index (χ1n) is 21.9. The Bertz CT molecular complexity index is 1280. The summed E-state index contributed by atoms with van der Waals surface area (Å²) in [7, 11) is 0. The molecule has 0 aliphatic carbocycles. The summed E-state index contributed by atoms with van der Waals surface area (Å²) in [6, 6.07) is 0. The number of esters is 2. The summed E-state index contributed by atoms with van der Waals surface area (Å²) in [6.07, 6.45) is 17.3. The van der Waals surface area contributed by atoms with Gasteiger partial charge in [0.15, 0.2) is 18.7 Å². The fourth-order valence-electron chi connectivity index (χ4n) is 6.35. The van der Waals surface area contributed by atoms with E-state index in [4.69, 9.17) is 28.4 Å². The quantitative estimate of drug-likeness (QED) is 0.0295. The summed E-state index contributed by atoms with van der Waals surface area (Å²) in [5, 5.41) is 71.7. The number of unbranched alkanes of at least 4 members (excludes halogenated alkanes) is 7. The van der Waals surface area contributed by atoms with Crippen LogP contribution in [-0.4, -0.2) is 142 Å². The molecule has 0 radical (unpaired) electrons. The normalized spacial score (nSPS) is 28.1. The lowest BCUT2D eigenvalue weighted by Gasteiger charge is -2.42. The van der Waals surface area contributed by atoms with Gasteiger partial charge in [0.05, 0.1) is 19.8 Å². The van der Waals surface area contributed by atoms with Crippen molar-refractivity contribution in [3.05, 3.63) is 60.8 Å². The van der Waals surface area contributed by atoms with E-state index in [1.54, 1.807) is 0 Å². The molecule has 2 aliphatic rings. The number of hydrogen-bond acceptors (Lipinski definition) is 15. The first-order chi connectivity index (χ1) is 29.0. The van der Waals surface area contributed by atoms with Crippen LogP contribution < -0.4 is 0 Å². The van der Waals surface area contributed by atoms with Crippen molar-refractivity contribution >= 4 is 11.9 Å². The van der Waals surface area contributed by atoms with E-state index in [1.165, 1.54) is 38.5 Å². The molecule has 0 aromatic rings. The molecule has 2 fully saturated rings. The zero-order valence-corrected chi connectivity index (χ0v) is 35.7. The van der Waals surface area contributed by atoms with Gasteiger partial charge >= 0.3 is 11.9 Å². The minimum absolute atomic E-state index is 0.0458. The van der Waals surface area contributed by atoms with Crippen LogP contribution in [0.25, 0.3) is 0 Å². The second-order valence-corrected chi connectivity index (χ2v) is 15.1. The molecule has 11 atom stereocenters. The molecule has 2 rings (SSSR count). The van der Waals surface area contributed by atoms with Crippen LogP contribution in [0.3, 0.4) is 0 Å². The summed E-state index contributed by atoms with van der Waals surface area (Å²) in [5.41, 5.74) is 0. The number of aliphatic hydroxyl groups is 7. The number of rotatable bonds is 31. The fourth-order valence-corrected chi connectivity index (χ4v) is 6.35. The van der Waals surface area contributed by atoms with Gasteiger partial charge in [-0.3, -0.25) is 9.59 Å². The number of ether oxygens (including phenoxy) is 6. The molecule has 15 nitrogen and oxygen atoms in total. The number of carbonyl (C=O) groups excluding carboxylic acids is 2. The highest BCUT2D eigenvalue weighted by Gasteiger charge is 2.47. The van der Waals surface area contributed by atoms with Gasteiger partial charge in [-0.05, 0) is 57.8 Å². The minimum Gasteiger partial charge on any atom is -0.462 e. The van der Waals surface area contributed by atoms with E-state index in [0.717, 1.165) is 32.1 Å². The highest BCUT2D eigenvalue weighted by molar-refractivity contribution is 5.70. The number of allylic oxidation sites excluding steroid dienone is 10. The van der Waals surface area contributed by atoms with E-state index < -0.39 is 99.3 Å². The van der Waals surface area contributed by atoms with E-state index in [-0.39, 0.29) is 19.4 Å². The van der Waals surface area contributed by atoms with Crippen LogP contribution in [0.4, 0.5) is 0 Å². The molecule has 60 heavy (non-hydrogen) atoms. The molecule has 0 bridgehead atoms. The Kier molecular flexibility index (Phi) is 29.2. The van der Waals surface area contributed by atoms with Crippen molar-refractivity contribution in [2.24, 2.45) is 0 Å². The van der Waals surface area contributed by atoms with Crippen LogP contribution in [-0.2, 0) is 38.0 Å². The first-order valence-corrected chi connectivity index (χ1v) is 21.9. The highest BCUT2D eigenvalue weighted by atomic mass is 16.7. The summed E-state index contributed by atoms with van der Waals surface area (Å²) >= 11 is 0. The largest absolute Gasteiger partial charge is 0.462 e. The van der Waals surface area contributed by atoms with Crippen LogP contribution in [0.1, 0.15) is 117 Å². The van der Waals surface area contributed by atoms with Crippen LogP contribution in [0, 0.1) is 0 Å². The number of aliphatic hydroxyl groups excluding tert-OH is 7. The average Bonchev–Trinajstić information content (AvgIpc) is 3.24. The molecule has 344 valence electrons. The summed E-state index contributed by atoms with van der Waals surface area (Å²) in [6.45, 7) is 2.29. The van der Waals surface area contributed by atoms with Gasteiger partial charge in [0, 0.05) is 12.8 Å². The van der Waals surface area contributed by atoms with Crippen molar-refractivity contribution in [1.82, 2.24) is 0 Å². The van der Waals surface area contributed by atoms with Gasteiger partial charge in [-0.2, -0.15) is 0 Å². The highest BCUT2D eigenvalue weighted by Crippen LogP contribution is 2.26. The Hall–Kier alpha value is -2.80. The van der Waals surface area contributed by atoms with Gasteiger partial charge in [-0.1, -0.05) is 107 Å². The molecule has 0 aromatic heterocycles. The first kappa shape index (κ1) is 53.3. The van der Waals surface area contributed by atoms with E-state index in [1.807, 2.05) is 24.3 Å². The number of carbonyl (C=O) groups is 2. The monoisotopic (exact) mass is 855 g/mol. The van der Waals surface area contributed by atoms with Gasteiger partial charge in [-0.15, -0.1) is 0 Å². The van der Waals surface area contributed by atoms with Crippen molar-refractivity contribution in [3.63, 3.8) is 0 Å². The van der Waals surface area contributed by atoms with Gasteiger partial charge in [-0.25, -0.2) is 0 Å². The van der Waals surface area contributed by atoms with Gasteiger partial charge in [0.1, 0.15) is 55.4 Å². The maximum Gasteiger partial charge on any atom is 0.306 e. The van der Waals surface area contributed by atoms with Crippen molar-refractivity contribution < 1.29 is 73.8 Å². The Morgan fingerprint density at radius 1 is 0.550 bits per heavy atom. The van der Waals surface area contributed by atoms with Crippen LogP contribution in [0.15, 0.2) is 60.8 Å². The smallest absolute Gasteiger partial charge is 0.306 e. The molecule has 7 N–H and O–H groups in total. The third-order valence-corrected chi connectivity index (χ3v) is 9.99. The lowest BCUT2D eigenvalue weighted by atomic mass is 9.98. The molecule has 5 unspecified atom stereocenters. The molecule has 2 aliphatic heterocycles. The Labute approximate surface area is 356 Å². The molecular formula is C45H74O15. The molecule has 0 amide bonds. The van der Waals surface area contributed by atoms with Crippen molar-refractivity contribution in [1.29, 1.82) is 0 Å². The molecule has 15 heteroatoms. The Morgan fingerprint density at radius 3 is 1.72 bits per heavy atom. The van der Waals surface area contributed by atoms with Gasteiger partial charge < -0.3 is 64.2 Å². The Morgan fingerprint density at radius 2 is 1.08 bits per heavy atom. The zero-order chi connectivity index (χ0) is 44.0. The van der Waals surface area contributed by atoms with Crippen molar-refractivity contribution in [2.45, 2.75) is 184 Å². The SMILES string of the molecule is CC/C=C/C/C=C/C/C=C/CCCC(=O)OCC(CO[C@@H]1O[C@H](CO[C@@H]2O[C@H](CO)[C@H](O)C(O)C2O)[C@H](O)C(O)C1O)OC(=O)CC/C=C/C/C=C/CCCCCCCC. The van der Waals surface area contributed by atoms with Crippen LogP contribution in [0.5, 0.6) is 0 Å². The summed E-state index contributed by atoms with van der Waals surface area (Å²) < 4.78 is 33.2. The maximum absolute atomic E-state index is 12.9. The fraction of sp³-hybridized carbons (Fsp3) is 0.733. The predicted octanol–water partition coefficient (Wildman–Crippen LogP) is 4.14. The van der Waals surface area contributed by atoms with E-state index in [0.29, 0.717) is 19.3 Å². The summed E-state index contributed by atoms with van der Waals surface area (Å²) in [4.78, 5) is 25.5. The van der Waals surface area contributed by atoms with Gasteiger partial charge in [0.2, 0.25) is 0 Å². The summed E-state index contributed by atoms with van der Waals surface area (Å²) in [5.74, 6) is -1.08. The van der Waals surface area contributed by atoms with Crippen molar-refractivity contribution in [3.8, 4) is 0 Å². The van der Waals surface area contributed by atoms with E-state index in [9.17, 15) is 45.3 Å². The molecule has 2 heterocycles. The predicted molar refractivity (Wildman–Crippen MR) is 224 cm³/mol. The van der Waals surface area contributed by atoms with Crippen LogP contribution >= 0.6 is 0 Å². The van der Waals surface area contributed by atoms with Crippen LogP contribution in [0.2, 0.25) is 0 Å². The average molecular weight is 855 g/mol. The molecule has 0 aromatic carbocycles. The lowest BCUT2D eigenvalue weighted by molar-refractivity contribution is -0.332. The van der Waals surface area contributed by atoms with E-state index >= 15 is 0 Å². The van der Waals surface area contributed by atoms with Crippen molar-refractivity contribution in [2.75, 3.05) is 26.4 Å². The minimum atomic E-state index is -1.78.